The highest BCUT2D eigenvalue weighted by Gasteiger charge is 2.16. The van der Waals surface area contributed by atoms with Gasteiger partial charge in [0.25, 0.3) is 0 Å². The lowest BCUT2D eigenvalue weighted by Crippen LogP contribution is -2.14. The minimum absolute atomic E-state index is 0.196. The molecule has 0 aliphatic carbocycles. The second kappa shape index (κ2) is 4.31. The highest BCUT2D eigenvalue weighted by Crippen LogP contribution is 2.28. The molecule has 1 atom stereocenters. The second-order valence-electron chi connectivity index (χ2n) is 3.58. The van der Waals surface area contributed by atoms with Crippen molar-refractivity contribution < 1.29 is 8.78 Å². The average molecular weight is 239 g/mol. The highest BCUT2D eigenvalue weighted by atomic mass is 32.1. The molecule has 0 aliphatic rings. The molecule has 2 N–H and O–H groups in total. The van der Waals surface area contributed by atoms with Gasteiger partial charge in [0.2, 0.25) is 0 Å². The van der Waals surface area contributed by atoms with E-state index in [4.69, 9.17) is 5.73 Å². The summed E-state index contributed by atoms with van der Waals surface area (Å²) in [5.74, 6) is -0.945. The number of rotatable bonds is 2. The summed E-state index contributed by atoms with van der Waals surface area (Å²) >= 11 is 1.54. The maximum atomic E-state index is 13.5. The monoisotopic (exact) mass is 239 g/mol. The smallest absolute Gasteiger partial charge is 0.128 e. The quantitative estimate of drug-likeness (QED) is 0.854. The minimum atomic E-state index is -0.609. The van der Waals surface area contributed by atoms with E-state index in [1.807, 2.05) is 18.4 Å². The molecule has 4 heteroatoms. The summed E-state index contributed by atoms with van der Waals surface area (Å²) in [7, 11) is 0. The molecule has 0 fully saturated rings. The molecule has 0 amide bonds. The summed E-state index contributed by atoms with van der Waals surface area (Å²) in [6, 6.07) is 4.58. The first-order chi connectivity index (χ1) is 7.59. The Labute approximate surface area is 96.5 Å². The number of hydrogen-bond donors (Lipinski definition) is 1. The zero-order chi connectivity index (χ0) is 11.7. The zero-order valence-electron chi connectivity index (χ0n) is 8.71. The van der Waals surface area contributed by atoms with E-state index in [-0.39, 0.29) is 5.56 Å². The molecule has 1 unspecified atom stereocenters. The van der Waals surface area contributed by atoms with Gasteiger partial charge in [-0.2, -0.15) is 0 Å². The van der Waals surface area contributed by atoms with Crippen molar-refractivity contribution in [2.75, 3.05) is 0 Å². The van der Waals surface area contributed by atoms with Crippen molar-refractivity contribution in [2.24, 2.45) is 5.73 Å². The molecule has 1 nitrogen and oxygen atoms in total. The summed E-state index contributed by atoms with van der Waals surface area (Å²) in [5.41, 5.74) is 6.97. The first-order valence-electron chi connectivity index (χ1n) is 4.84. The molecule has 84 valence electrons. The van der Waals surface area contributed by atoms with Crippen LogP contribution in [0.15, 0.2) is 29.6 Å². The largest absolute Gasteiger partial charge is 0.320 e. The van der Waals surface area contributed by atoms with Gasteiger partial charge in [-0.1, -0.05) is 0 Å². The van der Waals surface area contributed by atoms with Crippen molar-refractivity contribution in [2.45, 2.75) is 13.0 Å². The molecule has 1 heterocycles. The Kier molecular flexibility index (Phi) is 3.03. The SMILES string of the molecule is Cc1sccc1C(N)c1cc(F)ccc1F. The van der Waals surface area contributed by atoms with Crippen LogP contribution in [0.4, 0.5) is 8.78 Å². The Morgan fingerprint density at radius 2 is 1.94 bits per heavy atom. The Morgan fingerprint density at radius 3 is 2.56 bits per heavy atom. The second-order valence-corrected chi connectivity index (χ2v) is 4.70. The van der Waals surface area contributed by atoms with Crippen LogP contribution < -0.4 is 5.73 Å². The summed E-state index contributed by atoms with van der Waals surface area (Å²) < 4.78 is 26.5. The molecule has 0 bridgehead atoms. The van der Waals surface area contributed by atoms with E-state index >= 15 is 0 Å². The Morgan fingerprint density at radius 1 is 1.19 bits per heavy atom. The number of hydrogen-bond acceptors (Lipinski definition) is 2. The molecule has 0 radical (unpaired) electrons. The molecule has 0 saturated carbocycles. The van der Waals surface area contributed by atoms with Crippen LogP contribution >= 0.6 is 11.3 Å². The predicted octanol–water partition coefficient (Wildman–Crippen LogP) is 3.38. The third-order valence-corrected chi connectivity index (χ3v) is 3.39. The van der Waals surface area contributed by atoms with Crippen LogP contribution in [0.25, 0.3) is 0 Å². The first-order valence-corrected chi connectivity index (χ1v) is 5.72. The third-order valence-electron chi connectivity index (χ3n) is 2.53. The maximum Gasteiger partial charge on any atom is 0.128 e. The lowest BCUT2D eigenvalue weighted by atomic mass is 10.00. The van der Waals surface area contributed by atoms with Crippen molar-refractivity contribution in [3.05, 3.63) is 57.3 Å². The van der Waals surface area contributed by atoms with E-state index < -0.39 is 17.7 Å². The standard InChI is InChI=1S/C12H11F2NS/c1-7-9(4-5-16-7)12(15)10-6-8(13)2-3-11(10)14/h2-6,12H,15H2,1H3. The van der Waals surface area contributed by atoms with Gasteiger partial charge >= 0.3 is 0 Å². The molecule has 16 heavy (non-hydrogen) atoms. The van der Waals surface area contributed by atoms with Gasteiger partial charge in [0.15, 0.2) is 0 Å². The third kappa shape index (κ3) is 1.99. The van der Waals surface area contributed by atoms with Crippen LogP contribution in [0.2, 0.25) is 0 Å². The summed E-state index contributed by atoms with van der Waals surface area (Å²) in [6.45, 7) is 1.91. The van der Waals surface area contributed by atoms with E-state index in [1.165, 1.54) is 0 Å². The molecule has 1 aromatic heterocycles. The fourth-order valence-electron chi connectivity index (χ4n) is 1.64. The van der Waals surface area contributed by atoms with Crippen LogP contribution in [0.3, 0.4) is 0 Å². The summed E-state index contributed by atoms with van der Waals surface area (Å²) in [6.07, 6.45) is 0. The zero-order valence-corrected chi connectivity index (χ0v) is 9.52. The van der Waals surface area contributed by atoms with Gasteiger partial charge in [-0.25, -0.2) is 8.78 Å². The van der Waals surface area contributed by atoms with Gasteiger partial charge in [0.1, 0.15) is 11.6 Å². The van der Waals surface area contributed by atoms with E-state index in [0.717, 1.165) is 28.6 Å². The van der Waals surface area contributed by atoms with Gasteiger partial charge in [-0.15, -0.1) is 11.3 Å². The molecule has 1 aromatic carbocycles. The van der Waals surface area contributed by atoms with Gasteiger partial charge in [-0.05, 0) is 42.1 Å². The topological polar surface area (TPSA) is 26.0 Å². The van der Waals surface area contributed by atoms with Crippen LogP contribution in [0, 0.1) is 18.6 Å². The first kappa shape index (κ1) is 11.2. The molecular weight excluding hydrogens is 228 g/mol. The summed E-state index contributed by atoms with van der Waals surface area (Å²) in [4.78, 5) is 1.02. The van der Waals surface area contributed by atoms with Gasteiger partial charge in [0.05, 0.1) is 6.04 Å². The van der Waals surface area contributed by atoms with Gasteiger partial charge in [-0.3, -0.25) is 0 Å². The van der Waals surface area contributed by atoms with Crippen LogP contribution in [0.5, 0.6) is 0 Å². The number of nitrogens with two attached hydrogens (primary N) is 1. The lowest BCUT2D eigenvalue weighted by molar-refractivity contribution is 0.576. The fourth-order valence-corrected chi connectivity index (χ4v) is 2.39. The van der Waals surface area contributed by atoms with Gasteiger partial charge in [0, 0.05) is 10.4 Å². The number of aryl methyl sites for hydroxylation is 1. The lowest BCUT2D eigenvalue weighted by Gasteiger charge is -2.13. The Bertz CT molecular complexity index is 507. The molecule has 0 spiro atoms. The van der Waals surface area contributed by atoms with E-state index in [9.17, 15) is 8.78 Å². The summed E-state index contributed by atoms with van der Waals surface area (Å²) in [5, 5.41) is 1.89. The molecule has 2 rings (SSSR count). The number of benzene rings is 1. The molecule has 0 aliphatic heterocycles. The predicted molar refractivity (Wildman–Crippen MR) is 61.4 cm³/mol. The van der Waals surface area contributed by atoms with E-state index in [0.29, 0.717) is 0 Å². The van der Waals surface area contributed by atoms with Crippen molar-refractivity contribution >= 4 is 11.3 Å². The average Bonchev–Trinajstić information content (AvgIpc) is 2.67. The molecular formula is C12H11F2NS. The number of thiophene rings is 1. The molecule has 0 saturated heterocycles. The van der Waals surface area contributed by atoms with Crippen LogP contribution in [0.1, 0.15) is 22.0 Å². The number of halogens is 2. The van der Waals surface area contributed by atoms with E-state index in [2.05, 4.69) is 0 Å². The van der Waals surface area contributed by atoms with Crippen LogP contribution in [-0.4, -0.2) is 0 Å². The van der Waals surface area contributed by atoms with E-state index in [1.54, 1.807) is 11.3 Å². The Hall–Kier alpha value is -1.26. The molecule has 2 aromatic rings. The minimum Gasteiger partial charge on any atom is -0.320 e. The van der Waals surface area contributed by atoms with Crippen molar-refractivity contribution in [3.63, 3.8) is 0 Å². The Balaban J connectivity index is 2.45. The maximum absolute atomic E-state index is 13.5. The normalized spacial score (nSPS) is 12.8. The van der Waals surface area contributed by atoms with Gasteiger partial charge < -0.3 is 5.73 Å². The fraction of sp³-hybridized carbons (Fsp3) is 0.167. The van der Waals surface area contributed by atoms with Crippen LogP contribution in [-0.2, 0) is 0 Å². The van der Waals surface area contributed by atoms with Crippen molar-refractivity contribution in [1.82, 2.24) is 0 Å². The van der Waals surface area contributed by atoms with Crippen molar-refractivity contribution in [1.29, 1.82) is 0 Å². The van der Waals surface area contributed by atoms with Crippen molar-refractivity contribution in [3.8, 4) is 0 Å². The highest BCUT2D eigenvalue weighted by molar-refractivity contribution is 7.10.